The minimum absolute atomic E-state index is 0.631. The molecule has 0 atom stereocenters. The molecule has 0 aliphatic carbocycles. The van der Waals surface area contributed by atoms with Crippen molar-refractivity contribution in [2.24, 2.45) is 0 Å². The Bertz CT molecular complexity index is 1040. The number of nitrogens with one attached hydrogen (secondary N) is 1. The number of ether oxygens (including phenoxy) is 2. The second-order valence-corrected chi connectivity index (χ2v) is 5.82. The molecule has 0 saturated heterocycles. The van der Waals surface area contributed by atoms with Gasteiger partial charge in [-0.15, -0.1) is 0 Å². The van der Waals surface area contributed by atoms with Crippen molar-refractivity contribution in [3.63, 3.8) is 0 Å². The average Bonchev–Trinajstić information content (AvgIpc) is 3.03. The minimum atomic E-state index is 0.631. The third kappa shape index (κ3) is 2.76. The van der Waals surface area contributed by atoms with E-state index in [0.29, 0.717) is 6.54 Å². The lowest BCUT2D eigenvalue weighted by molar-refractivity contribution is 0.352. The lowest BCUT2D eigenvalue weighted by atomic mass is 10.1. The van der Waals surface area contributed by atoms with E-state index in [1.54, 1.807) is 14.2 Å². The van der Waals surface area contributed by atoms with Gasteiger partial charge in [0, 0.05) is 34.6 Å². The monoisotopic (exact) mass is 333 g/mol. The lowest BCUT2D eigenvalue weighted by Crippen LogP contribution is -2.02. The van der Waals surface area contributed by atoms with Gasteiger partial charge in [0.25, 0.3) is 0 Å². The maximum atomic E-state index is 5.94. The van der Waals surface area contributed by atoms with Gasteiger partial charge in [-0.1, -0.05) is 30.3 Å². The molecule has 4 rings (SSSR count). The van der Waals surface area contributed by atoms with Crippen molar-refractivity contribution >= 4 is 27.6 Å². The Morgan fingerprint density at radius 3 is 2.52 bits per heavy atom. The van der Waals surface area contributed by atoms with Gasteiger partial charge < -0.3 is 19.2 Å². The molecule has 126 valence electrons. The van der Waals surface area contributed by atoms with Crippen molar-refractivity contribution in [1.82, 2.24) is 0 Å². The molecule has 1 heterocycles. The van der Waals surface area contributed by atoms with Gasteiger partial charge in [-0.25, -0.2) is 0 Å². The van der Waals surface area contributed by atoms with E-state index in [1.165, 1.54) is 0 Å². The van der Waals surface area contributed by atoms with Crippen LogP contribution in [0.5, 0.6) is 11.5 Å². The van der Waals surface area contributed by atoms with Crippen LogP contribution < -0.4 is 14.8 Å². The first kappa shape index (κ1) is 15.4. The summed E-state index contributed by atoms with van der Waals surface area (Å²) < 4.78 is 16.8. The Labute approximate surface area is 146 Å². The number of fused-ring (bicyclic) bond motifs is 3. The molecule has 0 spiro atoms. The zero-order valence-corrected chi connectivity index (χ0v) is 14.2. The van der Waals surface area contributed by atoms with Crippen molar-refractivity contribution in [2.45, 2.75) is 6.54 Å². The molecule has 3 aromatic carbocycles. The van der Waals surface area contributed by atoms with Crippen LogP contribution >= 0.6 is 0 Å². The molecular weight excluding hydrogens is 314 g/mol. The summed E-state index contributed by atoms with van der Waals surface area (Å²) in [6.45, 7) is 0.631. The van der Waals surface area contributed by atoms with Crippen molar-refractivity contribution < 1.29 is 13.9 Å². The molecule has 1 N–H and O–H groups in total. The van der Waals surface area contributed by atoms with E-state index in [-0.39, 0.29) is 0 Å². The normalized spacial score (nSPS) is 11.0. The average molecular weight is 333 g/mol. The number of anilines is 1. The lowest BCUT2D eigenvalue weighted by Gasteiger charge is -2.13. The third-order valence-corrected chi connectivity index (χ3v) is 4.35. The SMILES string of the molecule is COc1cccc(CNc2ccc3c(c2)oc2ccccc23)c1OC. The van der Waals surface area contributed by atoms with Crippen LogP contribution in [-0.4, -0.2) is 14.2 Å². The molecule has 0 radical (unpaired) electrons. The highest BCUT2D eigenvalue weighted by Crippen LogP contribution is 2.33. The summed E-state index contributed by atoms with van der Waals surface area (Å²) in [5.74, 6) is 1.48. The van der Waals surface area contributed by atoms with Crippen LogP contribution in [0.25, 0.3) is 21.9 Å². The fourth-order valence-corrected chi connectivity index (χ4v) is 3.13. The van der Waals surface area contributed by atoms with Gasteiger partial charge in [-0.3, -0.25) is 0 Å². The molecule has 4 heteroatoms. The molecule has 1 aromatic heterocycles. The maximum absolute atomic E-state index is 5.94. The van der Waals surface area contributed by atoms with Crippen LogP contribution in [0.1, 0.15) is 5.56 Å². The molecule has 0 saturated carbocycles. The zero-order valence-electron chi connectivity index (χ0n) is 14.2. The summed E-state index contributed by atoms with van der Waals surface area (Å²) in [6.07, 6.45) is 0. The Hall–Kier alpha value is -3.14. The molecule has 4 nitrogen and oxygen atoms in total. The highest BCUT2D eigenvalue weighted by Gasteiger charge is 2.10. The summed E-state index contributed by atoms with van der Waals surface area (Å²) >= 11 is 0. The Morgan fingerprint density at radius 1 is 0.840 bits per heavy atom. The molecule has 0 fully saturated rings. The molecule has 0 unspecified atom stereocenters. The van der Waals surface area contributed by atoms with E-state index in [9.17, 15) is 0 Å². The van der Waals surface area contributed by atoms with E-state index in [1.807, 2.05) is 42.5 Å². The molecule has 0 aliphatic rings. The molecule has 4 aromatic rings. The van der Waals surface area contributed by atoms with Gasteiger partial charge in [0.15, 0.2) is 11.5 Å². The Balaban J connectivity index is 1.62. The number of methoxy groups -OCH3 is 2. The number of benzene rings is 3. The van der Waals surface area contributed by atoms with Gasteiger partial charge >= 0.3 is 0 Å². The highest BCUT2D eigenvalue weighted by molar-refractivity contribution is 6.05. The summed E-state index contributed by atoms with van der Waals surface area (Å²) in [6, 6.07) is 20.1. The van der Waals surface area contributed by atoms with E-state index in [4.69, 9.17) is 13.9 Å². The van der Waals surface area contributed by atoms with Crippen molar-refractivity contribution in [3.05, 3.63) is 66.2 Å². The third-order valence-electron chi connectivity index (χ3n) is 4.35. The summed E-state index contributed by atoms with van der Waals surface area (Å²) in [5.41, 5.74) is 3.82. The van der Waals surface area contributed by atoms with Crippen molar-refractivity contribution in [2.75, 3.05) is 19.5 Å². The Kier molecular flexibility index (Phi) is 3.94. The van der Waals surface area contributed by atoms with E-state index in [0.717, 1.165) is 44.7 Å². The number of para-hydroxylation sites is 2. The first-order valence-electron chi connectivity index (χ1n) is 8.15. The zero-order chi connectivity index (χ0) is 17.2. The second kappa shape index (κ2) is 6.40. The maximum Gasteiger partial charge on any atom is 0.165 e. The fourth-order valence-electron chi connectivity index (χ4n) is 3.13. The molecular formula is C21H19NO3. The van der Waals surface area contributed by atoms with Gasteiger partial charge in [0.05, 0.1) is 14.2 Å². The number of rotatable bonds is 5. The number of hydrogen-bond donors (Lipinski definition) is 1. The smallest absolute Gasteiger partial charge is 0.165 e. The summed E-state index contributed by atoms with van der Waals surface area (Å²) in [4.78, 5) is 0. The van der Waals surface area contributed by atoms with Crippen molar-refractivity contribution in [1.29, 1.82) is 0 Å². The van der Waals surface area contributed by atoms with Crippen LogP contribution in [-0.2, 0) is 6.54 Å². The van der Waals surface area contributed by atoms with Crippen LogP contribution in [0.2, 0.25) is 0 Å². The van der Waals surface area contributed by atoms with Crippen LogP contribution in [0.4, 0.5) is 5.69 Å². The van der Waals surface area contributed by atoms with Crippen LogP contribution in [0.15, 0.2) is 65.1 Å². The van der Waals surface area contributed by atoms with Crippen molar-refractivity contribution in [3.8, 4) is 11.5 Å². The van der Waals surface area contributed by atoms with Gasteiger partial charge in [0.1, 0.15) is 11.2 Å². The Morgan fingerprint density at radius 2 is 1.68 bits per heavy atom. The fraction of sp³-hybridized carbons (Fsp3) is 0.143. The first-order chi connectivity index (χ1) is 12.3. The summed E-state index contributed by atoms with van der Waals surface area (Å²) in [5, 5.41) is 5.69. The highest BCUT2D eigenvalue weighted by atomic mass is 16.5. The van der Waals surface area contributed by atoms with Gasteiger partial charge in [-0.2, -0.15) is 0 Å². The van der Waals surface area contributed by atoms with Gasteiger partial charge in [-0.05, 0) is 24.3 Å². The number of furan rings is 1. The minimum Gasteiger partial charge on any atom is -0.493 e. The standard InChI is InChI=1S/C21H19NO3/c1-23-19-9-5-6-14(21(19)24-2)13-22-15-10-11-17-16-7-3-4-8-18(16)25-20(17)12-15/h3-12,22H,13H2,1-2H3. The topological polar surface area (TPSA) is 43.6 Å². The van der Waals surface area contributed by atoms with E-state index < -0.39 is 0 Å². The largest absolute Gasteiger partial charge is 0.493 e. The molecule has 0 amide bonds. The predicted molar refractivity (Wildman–Crippen MR) is 101 cm³/mol. The summed E-state index contributed by atoms with van der Waals surface area (Å²) in [7, 11) is 3.30. The molecule has 0 aliphatic heterocycles. The van der Waals surface area contributed by atoms with E-state index >= 15 is 0 Å². The first-order valence-corrected chi connectivity index (χ1v) is 8.15. The van der Waals surface area contributed by atoms with E-state index in [2.05, 4.69) is 23.5 Å². The molecule has 0 bridgehead atoms. The van der Waals surface area contributed by atoms with Gasteiger partial charge in [0.2, 0.25) is 0 Å². The second-order valence-electron chi connectivity index (χ2n) is 5.82. The van der Waals surface area contributed by atoms with Crippen LogP contribution in [0, 0.1) is 0 Å². The number of hydrogen-bond acceptors (Lipinski definition) is 4. The quantitative estimate of drug-likeness (QED) is 0.544. The molecule has 25 heavy (non-hydrogen) atoms. The van der Waals surface area contributed by atoms with Crippen LogP contribution in [0.3, 0.4) is 0 Å². The predicted octanol–water partition coefficient (Wildman–Crippen LogP) is 5.22.